The maximum absolute atomic E-state index is 12.8. The lowest BCUT2D eigenvalue weighted by atomic mass is 10.0. The summed E-state index contributed by atoms with van der Waals surface area (Å²) in [6.45, 7) is 1.76. The number of aryl methyl sites for hydroxylation is 1. The maximum atomic E-state index is 12.8. The molecule has 0 aliphatic carbocycles. The van der Waals surface area contributed by atoms with Gasteiger partial charge >= 0.3 is 5.97 Å². The first-order valence-corrected chi connectivity index (χ1v) is 12.8. The highest BCUT2D eigenvalue weighted by molar-refractivity contribution is 8.07. The smallest absolute Gasteiger partial charge is 0.353 e. The van der Waals surface area contributed by atoms with Gasteiger partial charge in [-0.15, -0.1) is 11.8 Å². The third-order valence-electron chi connectivity index (χ3n) is 4.55. The number of fused-ring (bicyclic) bond motifs is 1. The summed E-state index contributed by atoms with van der Waals surface area (Å²) in [6.07, 6.45) is 0. The van der Waals surface area contributed by atoms with Crippen LogP contribution in [0.15, 0.2) is 20.0 Å². The second-order valence-corrected chi connectivity index (χ2v) is 11.7. The van der Waals surface area contributed by atoms with Gasteiger partial charge in [0.2, 0.25) is 0 Å². The summed E-state index contributed by atoms with van der Waals surface area (Å²) in [4.78, 5) is 47.1. The van der Waals surface area contributed by atoms with E-state index in [2.05, 4.69) is 20.4 Å². The fourth-order valence-electron chi connectivity index (χ4n) is 3.15. The van der Waals surface area contributed by atoms with Gasteiger partial charge in [-0.2, -0.15) is 0 Å². The molecule has 17 heteroatoms. The number of rotatable bonds is 6. The molecule has 0 spiro atoms. The predicted molar refractivity (Wildman–Crippen MR) is 127 cm³/mol. The Labute approximate surface area is 207 Å². The van der Waals surface area contributed by atoms with Crippen LogP contribution in [0.2, 0.25) is 4.34 Å². The first kappa shape index (κ1) is 23.6. The molecule has 0 saturated carbocycles. The zero-order chi connectivity index (χ0) is 24.0. The Kier molecular flexibility index (Phi) is 6.45. The Balaban J connectivity index is 1.54. The molecule has 0 radical (unpaired) electrons. The van der Waals surface area contributed by atoms with Gasteiger partial charge in [0.15, 0.2) is 16.0 Å². The number of hydrogen-bond donors (Lipinski definition) is 5. The van der Waals surface area contributed by atoms with Crippen LogP contribution in [0.3, 0.4) is 0 Å². The monoisotopic (exact) mass is 547 g/mol. The summed E-state index contributed by atoms with van der Waals surface area (Å²) in [6, 6.07) is -1.03. The van der Waals surface area contributed by atoms with Gasteiger partial charge in [-0.05, 0) is 6.92 Å². The van der Waals surface area contributed by atoms with Gasteiger partial charge in [-0.25, -0.2) is 14.8 Å². The van der Waals surface area contributed by atoms with Gasteiger partial charge in [0.1, 0.15) is 27.1 Å². The number of carbonyl (C=O) groups excluding carboxylic acids is 2. The molecule has 12 nitrogen and oxygen atoms in total. The van der Waals surface area contributed by atoms with Gasteiger partial charge in [0, 0.05) is 10.7 Å². The third kappa shape index (κ3) is 4.23. The molecule has 0 bridgehead atoms. The van der Waals surface area contributed by atoms with Crippen molar-refractivity contribution in [3.63, 3.8) is 0 Å². The third-order valence-corrected chi connectivity index (χ3v) is 9.44. The van der Waals surface area contributed by atoms with Crippen molar-refractivity contribution < 1.29 is 24.7 Å². The number of nitrogens with one attached hydrogen (secondary N) is 1. The van der Waals surface area contributed by atoms with E-state index >= 15 is 0 Å². The highest BCUT2D eigenvalue weighted by Crippen LogP contribution is 2.47. The second-order valence-electron chi connectivity index (χ2n) is 6.59. The number of β-lactam (4-membered cyclic amide) rings is 1. The van der Waals surface area contributed by atoms with Crippen molar-refractivity contribution in [3.05, 3.63) is 26.3 Å². The molecule has 2 amide bonds. The minimum atomic E-state index is -1.27. The number of carboxylic acid groups (broad SMARTS) is 1. The molecule has 4 heterocycles. The van der Waals surface area contributed by atoms with E-state index in [0.29, 0.717) is 21.5 Å². The van der Waals surface area contributed by atoms with Crippen molar-refractivity contribution >= 4 is 91.6 Å². The van der Waals surface area contributed by atoms with Gasteiger partial charge < -0.3 is 27.1 Å². The molecule has 1 saturated heterocycles. The van der Waals surface area contributed by atoms with E-state index in [-0.39, 0.29) is 20.9 Å². The SMILES string of the molecule is Cc1nc(N)sc1SC1=C(C(=O)O)N2C(=O)[C@@H](NC(=O)/C(=N/O)c3nc(N)sc3Cl)[C@H]2SC1. The van der Waals surface area contributed by atoms with Crippen LogP contribution in [0.1, 0.15) is 11.4 Å². The Morgan fingerprint density at radius 1 is 1.30 bits per heavy atom. The molecular formula is C16H14ClN7O5S4. The summed E-state index contributed by atoms with van der Waals surface area (Å²) in [7, 11) is 0. The number of halogens is 1. The van der Waals surface area contributed by atoms with Crippen molar-refractivity contribution in [2.75, 3.05) is 17.2 Å². The van der Waals surface area contributed by atoms with E-state index in [9.17, 15) is 24.7 Å². The standard InChI is InChI=1S/C16H14ClN7O5S4/c1-3-14(33-15(18)20-3)31-4-2-30-12-7(11(26)24(12)8(4)13(27)28)21-10(25)6(23-29)5-9(17)32-16(19)22-5/h7,12,29H,2H2,1H3,(H2,18,20)(H2,19,22)(H,21,25)(H,27,28)/b23-6+/t7-,12-/m1/s1. The summed E-state index contributed by atoms with van der Waals surface area (Å²) >= 11 is 10.6. The molecule has 2 aromatic heterocycles. The molecule has 2 aliphatic rings. The largest absolute Gasteiger partial charge is 0.477 e. The number of nitrogen functional groups attached to an aromatic ring is 2. The molecule has 0 aromatic carbocycles. The molecule has 1 fully saturated rings. The number of nitrogens with zero attached hydrogens (tertiary/aromatic N) is 4. The Bertz CT molecular complexity index is 1240. The number of oxime groups is 1. The van der Waals surface area contributed by atoms with E-state index in [4.69, 9.17) is 23.1 Å². The Morgan fingerprint density at radius 2 is 2.00 bits per heavy atom. The zero-order valence-electron chi connectivity index (χ0n) is 16.4. The molecule has 2 aliphatic heterocycles. The van der Waals surface area contributed by atoms with Gasteiger partial charge in [-0.3, -0.25) is 14.5 Å². The van der Waals surface area contributed by atoms with E-state index in [1.165, 1.54) is 34.9 Å². The minimum Gasteiger partial charge on any atom is -0.477 e. The summed E-state index contributed by atoms with van der Waals surface area (Å²) in [5.74, 6) is -2.49. The second kappa shape index (κ2) is 9.02. The number of thiazole rings is 2. The van der Waals surface area contributed by atoms with Crippen LogP contribution < -0.4 is 16.8 Å². The number of nitrogens with two attached hydrogens (primary N) is 2. The van der Waals surface area contributed by atoms with Crippen LogP contribution in [0.4, 0.5) is 10.3 Å². The van der Waals surface area contributed by atoms with Crippen molar-refractivity contribution in [1.29, 1.82) is 0 Å². The normalized spacial score (nSPS) is 20.5. The van der Waals surface area contributed by atoms with E-state index in [1.54, 1.807) is 6.92 Å². The molecule has 33 heavy (non-hydrogen) atoms. The van der Waals surface area contributed by atoms with E-state index in [0.717, 1.165) is 20.4 Å². The summed E-state index contributed by atoms with van der Waals surface area (Å²) < 4.78 is 0.780. The predicted octanol–water partition coefficient (Wildman–Crippen LogP) is 1.39. The van der Waals surface area contributed by atoms with E-state index < -0.39 is 34.9 Å². The average Bonchev–Trinajstić information content (AvgIpc) is 3.25. The maximum Gasteiger partial charge on any atom is 0.353 e. The van der Waals surface area contributed by atoms with Crippen molar-refractivity contribution in [3.8, 4) is 0 Å². The lowest BCUT2D eigenvalue weighted by Crippen LogP contribution is -2.71. The van der Waals surface area contributed by atoms with Crippen molar-refractivity contribution in [2.45, 2.75) is 22.5 Å². The fourth-order valence-corrected chi connectivity index (χ4v) is 7.70. The topological polar surface area (TPSA) is 197 Å². The van der Waals surface area contributed by atoms with Crippen LogP contribution >= 0.6 is 57.8 Å². The molecule has 2 aromatic rings. The highest BCUT2D eigenvalue weighted by atomic mass is 35.5. The molecule has 174 valence electrons. The quantitative estimate of drug-likeness (QED) is 0.151. The summed E-state index contributed by atoms with van der Waals surface area (Å²) in [5, 5.41) is 24.3. The average molecular weight is 548 g/mol. The summed E-state index contributed by atoms with van der Waals surface area (Å²) in [5.41, 5.74) is 11.2. The molecule has 2 atom stereocenters. The number of amides is 2. The molecule has 0 unspecified atom stereocenters. The highest BCUT2D eigenvalue weighted by Gasteiger charge is 2.54. The van der Waals surface area contributed by atoms with Crippen LogP contribution in [0.5, 0.6) is 0 Å². The number of carboxylic acids is 1. The first-order chi connectivity index (χ1) is 15.6. The van der Waals surface area contributed by atoms with Gasteiger partial charge in [-0.1, -0.05) is 51.2 Å². The number of carbonyl (C=O) groups is 3. The Hall–Kier alpha value is -2.53. The number of aromatic nitrogens is 2. The number of aliphatic carboxylic acids is 1. The minimum absolute atomic E-state index is 0.0424. The first-order valence-electron chi connectivity index (χ1n) is 8.89. The van der Waals surface area contributed by atoms with Crippen LogP contribution in [-0.4, -0.2) is 65.8 Å². The number of thioether (sulfide) groups is 2. The van der Waals surface area contributed by atoms with Crippen molar-refractivity contribution in [2.24, 2.45) is 5.16 Å². The zero-order valence-corrected chi connectivity index (χ0v) is 20.5. The van der Waals surface area contributed by atoms with E-state index in [1.807, 2.05) is 0 Å². The van der Waals surface area contributed by atoms with Crippen LogP contribution in [0.25, 0.3) is 0 Å². The molecule has 7 N–H and O–H groups in total. The fraction of sp³-hybridized carbons (Fsp3) is 0.250. The van der Waals surface area contributed by atoms with Crippen LogP contribution in [0, 0.1) is 6.92 Å². The lowest BCUT2D eigenvalue weighted by Gasteiger charge is -2.49. The van der Waals surface area contributed by atoms with Crippen LogP contribution in [-0.2, 0) is 14.4 Å². The van der Waals surface area contributed by atoms with Gasteiger partial charge in [0.25, 0.3) is 11.8 Å². The number of anilines is 2. The molecular weight excluding hydrogens is 534 g/mol. The Morgan fingerprint density at radius 3 is 2.55 bits per heavy atom. The van der Waals surface area contributed by atoms with Gasteiger partial charge in [0.05, 0.1) is 9.90 Å². The van der Waals surface area contributed by atoms with Crippen molar-refractivity contribution in [1.82, 2.24) is 20.2 Å². The molecule has 4 rings (SSSR count). The number of hydrogen-bond acceptors (Lipinski definition) is 13. The lowest BCUT2D eigenvalue weighted by molar-refractivity contribution is -0.150.